The maximum atomic E-state index is 10.6. The summed E-state index contributed by atoms with van der Waals surface area (Å²) in [5.74, 6) is 3.57. The molecule has 1 heterocycles. The van der Waals surface area contributed by atoms with Crippen LogP contribution >= 0.6 is 0 Å². The van der Waals surface area contributed by atoms with Crippen LogP contribution in [0.5, 0.6) is 11.5 Å². The standard InChI is InChI=1S/C22H32O2/c1-4-5-6-9-15(2)16(3)18-13-20(23)19-12-17-10-7-8-11-21(17)24-22(19)14-18/h13-16,23H,4-12H2,1-3H3. The SMILES string of the molecule is CCCCCC(C)C(C)c1cc(O)c2c(c1)OC1=C(CCCC1)C2. The quantitative estimate of drug-likeness (QED) is 0.606. The predicted octanol–water partition coefficient (Wildman–Crippen LogP) is 6.48. The monoisotopic (exact) mass is 328 g/mol. The second-order valence-electron chi connectivity index (χ2n) is 7.79. The number of unbranched alkanes of at least 4 members (excludes halogenated alkanes) is 2. The highest BCUT2D eigenvalue weighted by atomic mass is 16.5. The van der Waals surface area contributed by atoms with Crippen LogP contribution in [-0.4, -0.2) is 5.11 Å². The Balaban J connectivity index is 1.77. The second-order valence-corrected chi connectivity index (χ2v) is 7.79. The average molecular weight is 328 g/mol. The number of phenolic OH excluding ortho intramolecular Hbond substituents is 1. The van der Waals surface area contributed by atoms with Crippen molar-refractivity contribution < 1.29 is 9.84 Å². The molecule has 0 fully saturated rings. The van der Waals surface area contributed by atoms with Gasteiger partial charge >= 0.3 is 0 Å². The van der Waals surface area contributed by atoms with Crippen molar-refractivity contribution in [1.82, 2.24) is 0 Å². The first-order valence-corrected chi connectivity index (χ1v) is 9.84. The van der Waals surface area contributed by atoms with Crippen molar-refractivity contribution in [3.63, 3.8) is 0 Å². The van der Waals surface area contributed by atoms with E-state index in [4.69, 9.17) is 4.74 Å². The molecule has 1 N–H and O–H groups in total. The molecule has 1 aromatic rings. The van der Waals surface area contributed by atoms with Crippen LogP contribution in [-0.2, 0) is 6.42 Å². The lowest BCUT2D eigenvalue weighted by atomic mass is 9.83. The largest absolute Gasteiger partial charge is 0.508 e. The Morgan fingerprint density at radius 1 is 1.12 bits per heavy atom. The van der Waals surface area contributed by atoms with Gasteiger partial charge in [-0.3, -0.25) is 0 Å². The van der Waals surface area contributed by atoms with Gasteiger partial charge in [-0.15, -0.1) is 0 Å². The molecule has 3 rings (SSSR count). The van der Waals surface area contributed by atoms with Crippen LogP contribution in [0.25, 0.3) is 0 Å². The van der Waals surface area contributed by atoms with Crippen molar-refractivity contribution in [2.45, 2.75) is 84.5 Å². The van der Waals surface area contributed by atoms with Gasteiger partial charge in [0.05, 0.1) is 0 Å². The predicted molar refractivity (Wildman–Crippen MR) is 99.7 cm³/mol. The van der Waals surface area contributed by atoms with Gasteiger partial charge in [0.2, 0.25) is 0 Å². The highest BCUT2D eigenvalue weighted by molar-refractivity contribution is 5.53. The lowest BCUT2D eigenvalue weighted by Gasteiger charge is -2.29. The molecule has 0 saturated heterocycles. The normalized spacial score (nSPS) is 19.3. The van der Waals surface area contributed by atoms with Gasteiger partial charge in [-0.1, -0.05) is 46.5 Å². The fourth-order valence-electron chi connectivity index (χ4n) is 4.07. The zero-order valence-electron chi connectivity index (χ0n) is 15.5. The van der Waals surface area contributed by atoms with Gasteiger partial charge in [-0.25, -0.2) is 0 Å². The van der Waals surface area contributed by atoms with Crippen molar-refractivity contribution in [2.24, 2.45) is 5.92 Å². The zero-order valence-corrected chi connectivity index (χ0v) is 15.5. The van der Waals surface area contributed by atoms with E-state index >= 15 is 0 Å². The molecule has 2 unspecified atom stereocenters. The topological polar surface area (TPSA) is 29.5 Å². The van der Waals surface area contributed by atoms with E-state index in [9.17, 15) is 5.11 Å². The Morgan fingerprint density at radius 3 is 2.71 bits per heavy atom. The van der Waals surface area contributed by atoms with Crippen molar-refractivity contribution in [3.05, 3.63) is 34.6 Å². The first kappa shape index (κ1) is 17.4. The van der Waals surface area contributed by atoms with E-state index in [1.54, 1.807) is 0 Å². The fourth-order valence-corrected chi connectivity index (χ4v) is 4.07. The molecule has 0 saturated carbocycles. The number of hydrogen-bond acceptors (Lipinski definition) is 2. The number of ether oxygens (including phenoxy) is 1. The molecule has 132 valence electrons. The first-order valence-electron chi connectivity index (χ1n) is 9.84. The van der Waals surface area contributed by atoms with Crippen molar-refractivity contribution in [2.75, 3.05) is 0 Å². The van der Waals surface area contributed by atoms with Gasteiger partial charge in [0.25, 0.3) is 0 Å². The van der Waals surface area contributed by atoms with E-state index in [0.29, 0.717) is 17.6 Å². The van der Waals surface area contributed by atoms with E-state index in [1.165, 1.54) is 55.4 Å². The summed E-state index contributed by atoms with van der Waals surface area (Å²) in [5, 5.41) is 10.6. The summed E-state index contributed by atoms with van der Waals surface area (Å²) >= 11 is 0. The first-order chi connectivity index (χ1) is 11.6. The summed E-state index contributed by atoms with van der Waals surface area (Å²) in [6, 6.07) is 4.17. The molecule has 2 aliphatic rings. The molecule has 0 radical (unpaired) electrons. The molecule has 2 heteroatoms. The number of phenols is 1. The van der Waals surface area contributed by atoms with Crippen molar-refractivity contribution in [3.8, 4) is 11.5 Å². The molecule has 1 aliphatic heterocycles. The minimum Gasteiger partial charge on any atom is -0.508 e. The number of allylic oxidation sites excluding steroid dienone is 2. The summed E-state index contributed by atoms with van der Waals surface area (Å²) in [7, 11) is 0. The van der Waals surface area contributed by atoms with Gasteiger partial charge in [0.15, 0.2) is 0 Å². The highest BCUT2D eigenvalue weighted by Gasteiger charge is 2.26. The third-order valence-corrected chi connectivity index (χ3v) is 6.00. The van der Waals surface area contributed by atoms with Gasteiger partial charge in [0, 0.05) is 18.4 Å². The van der Waals surface area contributed by atoms with Gasteiger partial charge in [-0.05, 0) is 54.4 Å². The molecule has 24 heavy (non-hydrogen) atoms. The molecule has 1 aromatic carbocycles. The van der Waals surface area contributed by atoms with E-state index in [-0.39, 0.29) is 0 Å². The Labute approximate surface area is 146 Å². The third-order valence-electron chi connectivity index (χ3n) is 6.00. The molecule has 2 nitrogen and oxygen atoms in total. The Morgan fingerprint density at radius 2 is 1.92 bits per heavy atom. The van der Waals surface area contributed by atoms with Gasteiger partial charge in [-0.2, -0.15) is 0 Å². The molecule has 0 spiro atoms. The summed E-state index contributed by atoms with van der Waals surface area (Å²) in [5.41, 5.74) is 3.61. The second kappa shape index (κ2) is 7.63. The van der Waals surface area contributed by atoms with Crippen LogP contribution in [0.3, 0.4) is 0 Å². The van der Waals surface area contributed by atoms with Crippen molar-refractivity contribution >= 4 is 0 Å². The van der Waals surface area contributed by atoms with Gasteiger partial charge in [0.1, 0.15) is 17.3 Å². The van der Waals surface area contributed by atoms with Crippen molar-refractivity contribution in [1.29, 1.82) is 0 Å². The minimum atomic E-state index is 0.423. The smallest absolute Gasteiger partial charge is 0.134 e. The molecular formula is C22H32O2. The molecular weight excluding hydrogens is 296 g/mol. The maximum Gasteiger partial charge on any atom is 0.134 e. The Kier molecular flexibility index (Phi) is 5.53. The van der Waals surface area contributed by atoms with E-state index in [1.807, 2.05) is 6.07 Å². The van der Waals surface area contributed by atoms with Crippen LogP contribution in [0.1, 0.15) is 89.2 Å². The number of benzene rings is 1. The fraction of sp³-hybridized carbons (Fsp3) is 0.636. The Bertz CT molecular complexity index is 615. The Hall–Kier alpha value is -1.44. The van der Waals surface area contributed by atoms with Crippen LogP contribution in [0.4, 0.5) is 0 Å². The van der Waals surface area contributed by atoms with E-state index in [0.717, 1.165) is 30.6 Å². The van der Waals surface area contributed by atoms with Crippen LogP contribution < -0.4 is 4.74 Å². The average Bonchev–Trinajstić information content (AvgIpc) is 2.59. The number of fused-ring (bicyclic) bond motifs is 1. The molecule has 1 aliphatic carbocycles. The lowest BCUT2D eigenvalue weighted by molar-refractivity contribution is 0.348. The molecule has 0 aromatic heterocycles. The highest BCUT2D eigenvalue weighted by Crippen LogP contribution is 2.43. The molecule has 2 atom stereocenters. The minimum absolute atomic E-state index is 0.423. The zero-order chi connectivity index (χ0) is 17.1. The number of hydrogen-bond donors (Lipinski definition) is 1. The van der Waals surface area contributed by atoms with Crippen LogP contribution in [0.2, 0.25) is 0 Å². The summed E-state index contributed by atoms with van der Waals surface area (Å²) in [6.45, 7) is 6.87. The lowest BCUT2D eigenvalue weighted by Crippen LogP contribution is -2.15. The number of rotatable bonds is 6. The van der Waals surface area contributed by atoms with E-state index < -0.39 is 0 Å². The maximum absolute atomic E-state index is 10.6. The third kappa shape index (κ3) is 3.63. The summed E-state index contributed by atoms with van der Waals surface area (Å²) in [4.78, 5) is 0. The van der Waals surface area contributed by atoms with Crippen LogP contribution in [0, 0.1) is 5.92 Å². The summed E-state index contributed by atoms with van der Waals surface area (Å²) < 4.78 is 6.21. The number of aromatic hydroxyl groups is 1. The van der Waals surface area contributed by atoms with E-state index in [2.05, 4.69) is 26.8 Å². The molecule has 0 amide bonds. The summed E-state index contributed by atoms with van der Waals surface area (Å²) in [6.07, 6.45) is 10.7. The van der Waals surface area contributed by atoms with Crippen LogP contribution in [0.15, 0.2) is 23.5 Å². The molecule has 0 bridgehead atoms. The van der Waals surface area contributed by atoms with Gasteiger partial charge < -0.3 is 9.84 Å².